The normalized spacial score (nSPS) is 17.0. The molecule has 8 nitrogen and oxygen atoms in total. The third-order valence-corrected chi connectivity index (χ3v) is 7.88. The SMILES string of the molecule is CNS(=O)(=O)c1ccc(N2CCOCC2)c(C(=O)N2CCN(c3c(F)c(F)c(C)c(F)c3F)CC2)c1. The van der Waals surface area contributed by atoms with Crippen LogP contribution in [-0.4, -0.2) is 78.8 Å². The fraction of sp³-hybridized carbons (Fsp3) is 0.435. The Hall–Kier alpha value is -2.90. The van der Waals surface area contributed by atoms with Crippen molar-refractivity contribution in [1.82, 2.24) is 9.62 Å². The Morgan fingerprint density at radius 3 is 2.03 bits per heavy atom. The van der Waals surface area contributed by atoms with Crippen molar-refractivity contribution in [2.45, 2.75) is 11.8 Å². The minimum absolute atomic E-state index is 0.000381. The molecule has 2 fully saturated rings. The predicted octanol–water partition coefficient (Wildman–Crippen LogP) is 2.26. The van der Waals surface area contributed by atoms with Crippen LogP contribution in [-0.2, 0) is 14.8 Å². The van der Waals surface area contributed by atoms with E-state index >= 15 is 0 Å². The van der Waals surface area contributed by atoms with Gasteiger partial charge in [-0.3, -0.25) is 4.79 Å². The van der Waals surface area contributed by atoms with Crippen LogP contribution in [0, 0.1) is 30.2 Å². The number of carbonyl (C=O) groups excluding carboxylic acids is 1. The molecule has 2 heterocycles. The summed E-state index contributed by atoms with van der Waals surface area (Å²) in [5.41, 5.74) is -0.847. The van der Waals surface area contributed by atoms with Crippen LogP contribution in [0.5, 0.6) is 0 Å². The lowest BCUT2D eigenvalue weighted by Crippen LogP contribution is -2.49. The zero-order chi connectivity index (χ0) is 26.2. The Balaban J connectivity index is 1.61. The van der Waals surface area contributed by atoms with E-state index in [1.165, 1.54) is 24.1 Å². The van der Waals surface area contributed by atoms with Gasteiger partial charge in [-0.05, 0) is 32.2 Å². The second-order valence-electron chi connectivity index (χ2n) is 8.49. The number of hydrogen-bond donors (Lipinski definition) is 1. The van der Waals surface area contributed by atoms with Gasteiger partial charge in [0.2, 0.25) is 10.0 Å². The third kappa shape index (κ3) is 4.74. The smallest absolute Gasteiger partial charge is 0.256 e. The van der Waals surface area contributed by atoms with Gasteiger partial charge in [0.25, 0.3) is 5.91 Å². The van der Waals surface area contributed by atoms with Crippen molar-refractivity contribution in [3.8, 4) is 0 Å². The Morgan fingerprint density at radius 1 is 0.889 bits per heavy atom. The number of benzene rings is 2. The monoisotopic (exact) mass is 530 g/mol. The molecule has 0 saturated carbocycles. The van der Waals surface area contributed by atoms with Crippen LogP contribution in [0.15, 0.2) is 23.1 Å². The van der Waals surface area contributed by atoms with E-state index in [1.807, 2.05) is 4.90 Å². The summed E-state index contributed by atoms with van der Waals surface area (Å²) in [6.45, 7) is 2.70. The van der Waals surface area contributed by atoms with Crippen LogP contribution in [0.4, 0.5) is 28.9 Å². The van der Waals surface area contributed by atoms with Crippen LogP contribution in [0.3, 0.4) is 0 Å². The second kappa shape index (κ2) is 10.2. The lowest BCUT2D eigenvalue weighted by molar-refractivity contribution is 0.0745. The largest absolute Gasteiger partial charge is 0.378 e. The average Bonchev–Trinajstić information content (AvgIpc) is 2.91. The Labute approximate surface area is 206 Å². The summed E-state index contributed by atoms with van der Waals surface area (Å²) >= 11 is 0. The molecule has 2 saturated heterocycles. The lowest BCUT2D eigenvalue weighted by atomic mass is 10.1. The molecule has 2 aliphatic rings. The van der Waals surface area contributed by atoms with E-state index in [4.69, 9.17) is 4.74 Å². The molecular formula is C23H26F4N4O4S. The summed E-state index contributed by atoms with van der Waals surface area (Å²) < 4.78 is 89.4. The summed E-state index contributed by atoms with van der Waals surface area (Å²) in [6, 6.07) is 4.29. The molecule has 4 rings (SSSR count). The molecule has 0 aromatic heterocycles. The summed E-state index contributed by atoms with van der Waals surface area (Å²) in [4.78, 5) is 17.9. The molecular weight excluding hydrogens is 504 g/mol. The molecule has 1 N–H and O–H groups in total. The van der Waals surface area contributed by atoms with Crippen molar-refractivity contribution in [2.24, 2.45) is 0 Å². The molecule has 0 radical (unpaired) electrons. The Bertz CT molecular complexity index is 1250. The van der Waals surface area contributed by atoms with Crippen molar-refractivity contribution >= 4 is 27.3 Å². The minimum Gasteiger partial charge on any atom is -0.378 e. The van der Waals surface area contributed by atoms with Crippen LogP contribution in [0.2, 0.25) is 0 Å². The van der Waals surface area contributed by atoms with Crippen molar-refractivity contribution in [3.63, 3.8) is 0 Å². The van der Waals surface area contributed by atoms with Crippen molar-refractivity contribution < 1.29 is 35.5 Å². The molecule has 2 aliphatic heterocycles. The van der Waals surface area contributed by atoms with E-state index in [2.05, 4.69) is 4.72 Å². The van der Waals surface area contributed by atoms with Crippen molar-refractivity contribution in [1.29, 1.82) is 0 Å². The molecule has 13 heteroatoms. The third-order valence-electron chi connectivity index (χ3n) is 6.47. The van der Waals surface area contributed by atoms with E-state index in [0.717, 1.165) is 11.8 Å². The summed E-state index contributed by atoms with van der Waals surface area (Å²) in [6.07, 6.45) is 0. The van der Waals surface area contributed by atoms with Crippen LogP contribution in [0.1, 0.15) is 15.9 Å². The maximum Gasteiger partial charge on any atom is 0.256 e. The molecule has 0 bridgehead atoms. The molecule has 1 amide bonds. The van der Waals surface area contributed by atoms with Gasteiger partial charge in [-0.15, -0.1) is 0 Å². The van der Waals surface area contributed by atoms with Gasteiger partial charge in [0.05, 0.1) is 23.7 Å². The first kappa shape index (κ1) is 26.2. The van der Waals surface area contributed by atoms with E-state index in [9.17, 15) is 30.8 Å². The van der Waals surface area contributed by atoms with Crippen LogP contribution >= 0.6 is 0 Å². The Kier molecular flexibility index (Phi) is 7.43. The number of ether oxygens (including phenoxy) is 1. The first-order valence-corrected chi connectivity index (χ1v) is 12.8. The number of piperazine rings is 1. The number of sulfonamides is 1. The van der Waals surface area contributed by atoms with Gasteiger partial charge in [0, 0.05) is 50.5 Å². The highest BCUT2D eigenvalue weighted by Crippen LogP contribution is 2.32. The van der Waals surface area contributed by atoms with Gasteiger partial charge in [-0.2, -0.15) is 0 Å². The van der Waals surface area contributed by atoms with Gasteiger partial charge >= 0.3 is 0 Å². The topological polar surface area (TPSA) is 82.2 Å². The molecule has 196 valence electrons. The van der Waals surface area contributed by atoms with Gasteiger partial charge in [-0.25, -0.2) is 30.7 Å². The van der Waals surface area contributed by atoms with Gasteiger partial charge in [-0.1, -0.05) is 0 Å². The highest BCUT2D eigenvalue weighted by atomic mass is 32.2. The molecule has 0 spiro atoms. The maximum atomic E-state index is 14.5. The Morgan fingerprint density at radius 2 is 1.47 bits per heavy atom. The fourth-order valence-corrected chi connectivity index (χ4v) is 5.12. The van der Waals surface area contributed by atoms with E-state index in [0.29, 0.717) is 32.0 Å². The number of nitrogens with one attached hydrogen (secondary N) is 1. The molecule has 36 heavy (non-hydrogen) atoms. The molecule has 2 aromatic rings. The van der Waals surface area contributed by atoms with Crippen LogP contribution < -0.4 is 14.5 Å². The number of amides is 1. The molecule has 0 unspecified atom stereocenters. The van der Waals surface area contributed by atoms with Gasteiger partial charge in [0.15, 0.2) is 23.3 Å². The highest BCUT2D eigenvalue weighted by molar-refractivity contribution is 7.89. The number of rotatable bonds is 5. The zero-order valence-corrected chi connectivity index (χ0v) is 20.6. The first-order valence-electron chi connectivity index (χ1n) is 11.3. The fourth-order valence-electron chi connectivity index (χ4n) is 4.36. The number of anilines is 2. The lowest BCUT2D eigenvalue weighted by Gasteiger charge is -2.37. The van der Waals surface area contributed by atoms with E-state index in [1.54, 1.807) is 6.07 Å². The molecule has 2 aromatic carbocycles. The van der Waals surface area contributed by atoms with E-state index in [-0.39, 0.29) is 36.6 Å². The standard InChI is InChI=1S/C23H26F4N4O4S/c1-14-18(24)20(26)22(21(27)19(14)25)30-5-7-31(8-6-30)23(32)16-13-15(36(33,34)28-2)3-4-17(16)29-9-11-35-12-10-29/h3-4,13,28H,5-12H2,1-2H3. The molecule has 0 atom stereocenters. The highest BCUT2D eigenvalue weighted by Gasteiger charge is 2.32. The van der Waals surface area contributed by atoms with E-state index < -0.39 is 50.5 Å². The number of carbonyl (C=O) groups is 1. The number of morpholine rings is 1. The quantitative estimate of drug-likeness (QED) is 0.472. The number of halogens is 4. The summed E-state index contributed by atoms with van der Waals surface area (Å²) in [5, 5.41) is 0. The first-order chi connectivity index (χ1) is 17.1. The van der Waals surface area contributed by atoms with Crippen LogP contribution in [0.25, 0.3) is 0 Å². The number of nitrogens with zero attached hydrogens (tertiary/aromatic N) is 3. The summed E-state index contributed by atoms with van der Waals surface area (Å²) in [5.74, 6) is -6.34. The summed E-state index contributed by atoms with van der Waals surface area (Å²) in [7, 11) is -2.56. The number of hydrogen-bond acceptors (Lipinski definition) is 6. The zero-order valence-electron chi connectivity index (χ0n) is 19.8. The minimum atomic E-state index is -3.83. The van der Waals surface area contributed by atoms with Crippen molar-refractivity contribution in [3.05, 3.63) is 52.6 Å². The predicted molar refractivity (Wildman–Crippen MR) is 125 cm³/mol. The van der Waals surface area contributed by atoms with Gasteiger partial charge in [0.1, 0.15) is 5.69 Å². The average molecular weight is 531 g/mol. The molecule has 0 aliphatic carbocycles. The van der Waals surface area contributed by atoms with Crippen molar-refractivity contribution in [2.75, 3.05) is 69.3 Å². The van der Waals surface area contributed by atoms with Gasteiger partial charge < -0.3 is 19.4 Å². The maximum absolute atomic E-state index is 14.5. The second-order valence-corrected chi connectivity index (χ2v) is 10.4.